The van der Waals surface area contributed by atoms with Crippen molar-refractivity contribution < 1.29 is 9.50 Å². The maximum Gasteiger partial charge on any atom is 0.125 e. The molecule has 0 amide bonds. The van der Waals surface area contributed by atoms with Gasteiger partial charge in [-0.3, -0.25) is 0 Å². The van der Waals surface area contributed by atoms with Crippen LogP contribution >= 0.6 is 27.3 Å². The van der Waals surface area contributed by atoms with Crippen molar-refractivity contribution in [2.75, 3.05) is 0 Å². The molecule has 2 rings (SSSR count). The lowest BCUT2D eigenvalue weighted by molar-refractivity contribution is 0.202. The number of aromatic nitrogens is 1. The third-order valence-electron chi connectivity index (χ3n) is 2.37. The summed E-state index contributed by atoms with van der Waals surface area (Å²) in [7, 11) is 0. The topological polar surface area (TPSA) is 33.1 Å². The van der Waals surface area contributed by atoms with Crippen LogP contribution in [-0.4, -0.2) is 10.1 Å². The van der Waals surface area contributed by atoms with Crippen molar-refractivity contribution in [2.45, 2.75) is 20.0 Å². The molecule has 0 bridgehead atoms. The number of halogens is 2. The maximum atomic E-state index is 13.2. The number of aliphatic hydroxyl groups is 1. The smallest absolute Gasteiger partial charge is 0.125 e. The molecule has 1 unspecified atom stereocenters. The second kappa shape index (κ2) is 4.84. The molecule has 1 heterocycles. The van der Waals surface area contributed by atoms with Crippen LogP contribution in [0.5, 0.6) is 0 Å². The van der Waals surface area contributed by atoms with E-state index < -0.39 is 6.10 Å². The van der Waals surface area contributed by atoms with E-state index in [9.17, 15) is 9.50 Å². The summed E-state index contributed by atoms with van der Waals surface area (Å²) in [5, 5.41) is 10.3. The zero-order valence-electron chi connectivity index (χ0n) is 9.37. The largest absolute Gasteiger partial charge is 0.388 e. The zero-order chi connectivity index (χ0) is 12.6. The molecule has 17 heavy (non-hydrogen) atoms. The highest BCUT2D eigenvalue weighted by atomic mass is 79.9. The van der Waals surface area contributed by atoms with Gasteiger partial charge < -0.3 is 5.11 Å². The first-order valence-electron chi connectivity index (χ1n) is 5.10. The number of hydrogen-bond acceptors (Lipinski definition) is 3. The van der Waals surface area contributed by atoms with Gasteiger partial charge in [-0.25, -0.2) is 9.37 Å². The van der Waals surface area contributed by atoms with E-state index in [1.807, 2.05) is 6.92 Å². The lowest BCUT2D eigenvalue weighted by Crippen LogP contribution is -1.88. The molecule has 0 radical (unpaired) electrons. The molecule has 0 saturated heterocycles. The predicted molar refractivity (Wildman–Crippen MR) is 70.6 cm³/mol. The van der Waals surface area contributed by atoms with Gasteiger partial charge in [0.2, 0.25) is 0 Å². The van der Waals surface area contributed by atoms with E-state index in [0.29, 0.717) is 10.6 Å². The van der Waals surface area contributed by atoms with E-state index in [1.54, 1.807) is 13.0 Å². The Kier molecular flexibility index (Phi) is 3.61. The van der Waals surface area contributed by atoms with E-state index >= 15 is 0 Å². The fourth-order valence-electron chi connectivity index (χ4n) is 1.57. The summed E-state index contributed by atoms with van der Waals surface area (Å²) >= 11 is 4.76. The molecule has 5 heteroatoms. The molecular formula is C12H11BrFNOS. The highest BCUT2D eigenvalue weighted by Crippen LogP contribution is 2.35. The Balaban J connectivity index is 2.53. The van der Waals surface area contributed by atoms with Crippen molar-refractivity contribution >= 4 is 27.3 Å². The quantitative estimate of drug-likeness (QED) is 0.906. The molecule has 1 aromatic heterocycles. The number of aliphatic hydroxyl groups excluding tert-OH is 1. The zero-order valence-corrected chi connectivity index (χ0v) is 11.8. The van der Waals surface area contributed by atoms with Crippen LogP contribution in [0.1, 0.15) is 23.6 Å². The van der Waals surface area contributed by atoms with Crippen LogP contribution in [0.3, 0.4) is 0 Å². The Morgan fingerprint density at radius 3 is 2.76 bits per heavy atom. The van der Waals surface area contributed by atoms with Gasteiger partial charge in [-0.15, -0.1) is 11.3 Å². The van der Waals surface area contributed by atoms with Gasteiger partial charge in [-0.1, -0.05) is 15.9 Å². The Morgan fingerprint density at radius 2 is 2.18 bits per heavy atom. The minimum atomic E-state index is -0.548. The standard InChI is InChI=1S/C12H11BrFNOS/c1-6-11(7(2)16)17-12(15-6)9-5-8(14)3-4-10(9)13/h3-5,7,16H,1-2H3. The molecule has 0 fully saturated rings. The van der Waals surface area contributed by atoms with Crippen LogP contribution in [0.25, 0.3) is 10.6 Å². The maximum absolute atomic E-state index is 13.2. The molecule has 90 valence electrons. The first-order chi connectivity index (χ1) is 7.99. The van der Waals surface area contributed by atoms with E-state index in [-0.39, 0.29) is 5.82 Å². The van der Waals surface area contributed by atoms with Gasteiger partial charge in [0.15, 0.2) is 0 Å². The molecule has 1 atom stereocenters. The first kappa shape index (κ1) is 12.7. The van der Waals surface area contributed by atoms with Gasteiger partial charge in [-0.2, -0.15) is 0 Å². The fourth-order valence-corrected chi connectivity index (χ4v) is 3.17. The number of benzene rings is 1. The number of rotatable bonds is 2. The normalized spacial score (nSPS) is 12.8. The summed E-state index contributed by atoms with van der Waals surface area (Å²) in [6, 6.07) is 4.49. The van der Waals surface area contributed by atoms with Crippen molar-refractivity contribution in [1.82, 2.24) is 4.98 Å². The highest BCUT2D eigenvalue weighted by molar-refractivity contribution is 9.10. The van der Waals surface area contributed by atoms with Crippen molar-refractivity contribution in [3.05, 3.63) is 39.1 Å². The molecule has 0 spiro atoms. The summed E-state index contributed by atoms with van der Waals surface area (Å²) in [5.74, 6) is -0.297. The SMILES string of the molecule is Cc1nc(-c2cc(F)ccc2Br)sc1C(C)O. The lowest BCUT2D eigenvalue weighted by Gasteiger charge is -2.00. The van der Waals surface area contributed by atoms with Crippen LogP contribution in [0.2, 0.25) is 0 Å². The predicted octanol–water partition coefficient (Wildman–Crippen LogP) is 4.07. The summed E-state index contributed by atoms with van der Waals surface area (Å²) in [6.45, 7) is 3.54. The van der Waals surface area contributed by atoms with Crippen LogP contribution in [-0.2, 0) is 0 Å². The van der Waals surface area contributed by atoms with Crippen molar-refractivity contribution in [1.29, 1.82) is 0 Å². The van der Waals surface area contributed by atoms with Gasteiger partial charge in [0, 0.05) is 10.0 Å². The molecule has 2 nitrogen and oxygen atoms in total. The van der Waals surface area contributed by atoms with Crippen LogP contribution in [0.15, 0.2) is 22.7 Å². The summed E-state index contributed by atoms with van der Waals surface area (Å²) in [6.07, 6.45) is -0.548. The second-order valence-corrected chi connectivity index (χ2v) is 5.65. The summed E-state index contributed by atoms with van der Waals surface area (Å²) in [4.78, 5) is 5.18. The monoisotopic (exact) mass is 315 g/mol. The molecule has 0 saturated carbocycles. The molecule has 0 aliphatic carbocycles. The van der Waals surface area contributed by atoms with Gasteiger partial charge in [-0.05, 0) is 32.0 Å². The minimum absolute atomic E-state index is 0.297. The third kappa shape index (κ3) is 2.56. The molecule has 1 N–H and O–H groups in total. The minimum Gasteiger partial charge on any atom is -0.388 e. The Labute approximate surface area is 111 Å². The summed E-state index contributed by atoms with van der Waals surface area (Å²) in [5.41, 5.74) is 1.50. The Bertz CT molecular complexity index is 553. The molecule has 0 aliphatic rings. The van der Waals surface area contributed by atoms with E-state index in [1.165, 1.54) is 23.5 Å². The summed E-state index contributed by atoms with van der Waals surface area (Å²) < 4.78 is 14.0. The average Bonchev–Trinajstić information content (AvgIpc) is 2.64. The van der Waals surface area contributed by atoms with Crippen LogP contribution in [0, 0.1) is 12.7 Å². The fraction of sp³-hybridized carbons (Fsp3) is 0.250. The van der Waals surface area contributed by atoms with E-state index in [4.69, 9.17) is 0 Å². The average molecular weight is 316 g/mol. The number of thiazole rings is 1. The molecule has 1 aromatic carbocycles. The number of nitrogens with zero attached hydrogens (tertiary/aromatic N) is 1. The third-order valence-corrected chi connectivity index (χ3v) is 4.42. The molecule has 0 aliphatic heterocycles. The number of hydrogen-bond donors (Lipinski definition) is 1. The van der Waals surface area contributed by atoms with Gasteiger partial charge >= 0.3 is 0 Å². The Morgan fingerprint density at radius 1 is 1.47 bits per heavy atom. The lowest BCUT2D eigenvalue weighted by atomic mass is 10.2. The molecular weight excluding hydrogens is 305 g/mol. The van der Waals surface area contributed by atoms with Gasteiger partial charge in [0.05, 0.1) is 16.7 Å². The first-order valence-corrected chi connectivity index (χ1v) is 6.71. The van der Waals surface area contributed by atoms with E-state index in [2.05, 4.69) is 20.9 Å². The number of aryl methyl sites for hydroxylation is 1. The van der Waals surface area contributed by atoms with Crippen LogP contribution in [0.4, 0.5) is 4.39 Å². The van der Waals surface area contributed by atoms with Crippen molar-refractivity contribution in [2.24, 2.45) is 0 Å². The highest BCUT2D eigenvalue weighted by Gasteiger charge is 2.15. The second-order valence-electron chi connectivity index (χ2n) is 3.77. The van der Waals surface area contributed by atoms with Crippen molar-refractivity contribution in [3.63, 3.8) is 0 Å². The van der Waals surface area contributed by atoms with Crippen molar-refractivity contribution in [3.8, 4) is 10.6 Å². The molecule has 2 aromatic rings. The van der Waals surface area contributed by atoms with E-state index in [0.717, 1.165) is 15.0 Å². The van der Waals surface area contributed by atoms with Crippen LogP contribution < -0.4 is 0 Å². The van der Waals surface area contributed by atoms with Gasteiger partial charge in [0.25, 0.3) is 0 Å². The Hall–Kier alpha value is -0.780. The van der Waals surface area contributed by atoms with Gasteiger partial charge in [0.1, 0.15) is 10.8 Å².